The first-order valence-electron chi connectivity index (χ1n) is 7.64. The smallest absolute Gasteiger partial charge is 0.257 e. The second-order valence-electron chi connectivity index (χ2n) is 5.82. The third-order valence-corrected chi connectivity index (χ3v) is 6.87. The van der Waals surface area contributed by atoms with Gasteiger partial charge in [0.25, 0.3) is 5.91 Å². The molecule has 6 nitrogen and oxygen atoms in total. The second-order valence-corrected chi connectivity index (χ2v) is 8.85. The minimum atomic E-state index is -3.46. The molecule has 1 atom stereocenters. The van der Waals surface area contributed by atoms with Gasteiger partial charge in [0, 0.05) is 24.7 Å². The molecule has 1 unspecified atom stereocenters. The fourth-order valence-electron chi connectivity index (χ4n) is 3.12. The number of benzene rings is 1. The van der Waals surface area contributed by atoms with Crippen LogP contribution in [0.15, 0.2) is 18.2 Å². The second kappa shape index (κ2) is 6.68. The van der Waals surface area contributed by atoms with Crippen LogP contribution in [0.5, 0.6) is 5.75 Å². The quantitative estimate of drug-likeness (QED) is 0.788. The van der Waals surface area contributed by atoms with Crippen LogP contribution in [-0.2, 0) is 10.0 Å². The summed E-state index contributed by atoms with van der Waals surface area (Å²) in [6, 6.07) is 5.05. The first-order chi connectivity index (χ1) is 11.0. The van der Waals surface area contributed by atoms with Gasteiger partial charge < -0.3 is 9.64 Å². The molecule has 3 rings (SSSR count). The normalized spacial score (nSPS) is 21.5. The van der Waals surface area contributed by atoms with Crippen LogP contribution < -0.4 is 9.46 Å². The molecule has 1 N–H and O–H groups in total. The molecular formula is C15H19BrN2O4S. The monoisotopic (exact) mass is 402 g/mol. The van der Waals surface area contributed by atoms with Crippen molar-refractivity contribution in [2.45, 2.75) is 31.7 Å². The third-order valence-electron chi connectivity index (χ3n) is 4.22. The number of hydrogen-bond donors (Lipinski definition) is 1. The number of alkyl halides is 1. The highest BCUT2D eigenvalue weighted by Gasteiger charge is 2.31. The molecule has 23 heavy (non-hydrogen) atoms. The van der Waals surface area contributed by atoms with E-state index < -0.39 is 10.0 Å². The fourth-order valence-corrected chi connectivity index (χ4v) is 4.01. The molecule has 1 amide bonds. The number of hydrogen-bond acceptors (Lipinski definition) is 4. The first-order valence-corrected chi connectivity index (χ1v) is 10.4. The largest absolute Gasteiger partial charge is 0.493 e. The predicted octanol–water partition coefficient (Wildman–Crippen LogP) is 2.56. The first kappa shape index (κ1) is 16.6. The Morgan fingerprint density at radius 3 is 2.91 bits per heavy atom. The maximum absolute atomic E-state index is 12.9. The minimum absolute atomic E-state index is 0.0794. The van der Waals surface area contributed by atoms with Gasteiger partial charge in [0.1, 0.15) is 10.4 Å². The summed E-state index contributed by atoms with van der Waals surface area (Å²) in [6.45, 7) is 1.31. The maximum Gasteiger partial charge on any atom is 0.257 e. The van der Waals surface area contributed by atoms with Gasteiger partial charge in [0.15, 0.2) is 0 Å². The van der Waals surface area contributed by atoms with Crippen molar-refractivity contribution in [2.24, 2.45) is 0 Å². The number of rotatable bonds is 3. The Bertz CT molecular complexity index is 707. The van der Waals surface area contributed by atoms with Gasteiger partial charge in [-0.15, -0.1) is 0 Å². The van der Waals surface area contributed by atoms with Gasteiger partial charge >= 0.3 is 0 Å². The van der Waals surface area contributed by atoms with Gasteiger partial charge in [-0.05, 0) is 37.5 Å². The summed E-state index contributed by atoms with van der Waals surface area (Å²) in [4.78, 5) is 14.8. The zero-order chi connectivity index (χ0) is 16.4. The Morgan fingerprint density at radius 2 is 2.13 bits per heavy atom. The molecule has 2 aliphatic rings. The van der Waals surface area contributed by atoms with E-state index in [-0.39, 0.29) is 16.6 Å². The Morgan fingerprint density at radius 1 is 1.30 bits per heavy atom. The SMILES string of the molecule is O=C1c2cc(NS(=O)(=O)CBr)ccc2OCCC2CCCCN12. The average Bonchev–Trinajstić information content (AvgIpc) is 2.54. The van der Waals surface area contributed by atoms with Gasteiger partial charge in [-0.3, -0.25) is 9.52 Å². The van der Waals surface area contributed by atoms with Crippen LogP contribution in [0.3, 0.4) is 0 Å². The molecule has 0 aliphatic carbocycles. The van der Waals surface area contributed by atoms with Crippen molar-refractivity contribution in [3.05, 3.63) is 23.8 Å². The molecule has 1 fully saturated rings. The van der Waals surface area contributed by atoms with Crippen molar-refractivity contribution in [1.82, 2.24) is 4.90 Å². The van der Waals surface area contributed by atoms with E-state index in [9.17, 15) is 13.2 Å². The number of carbonyl (C=O) groups is 1. The molecule has 0 bridgehead atoms. The molecular weight excluding hydrogens is 384 g/mol. The molecule has 0 saturated carbocycles. The number of ether oxygens (including phenoxy) is 1. The minimum Gasteiger partial charge on any atom is -0.493 e. The highest BCUT2D eigenvalue weighted by Crippen LogP contribution is 2.31. The van der Waals surface area contributed by atoms with Gasteiger partial charge in [-0.2, -0.15) is 0 Å². The standard InChI is InChI=1S/C15H19BrN2O4S/c16-10-23(20,21)17-11-4-5-14-13(9-11)15(19)18-7-2-1-3-12(18)6-8-22-14/h4-5,9,12,17H,1-3,6-8,10H2. The number of piperidine rings is 1. The number of nitrogens with zero attached hydrogens (tertiary/aromatic N) is 1. The number of fused-ring (bicyclic) bond motifs is 2. The average molecular weight is 403 g/mol. The lowest BCUT2D eigenvalue weighted by Crippen LogP contribution is -2.45. The number of anilines is 1. The van der Waals surface area contributed by atoms with Crippen LogP contribution >= 0.6 is 15.9 Å². The Balaban J connectivity index is 1.94. The maximum atomic E-state index is 12.9. The topological polar surface area (TPSA) is 75.7 Å². The van der Waals surface area contributed by atoms with Crippen molar-refractivity contribution in [3.63, 3.8) is 0 Å². The summed E-state index contributed by atoms with van der Waals surface area (Å²) in [5, 5.41) is 0. The van der Waals surface area contributed by atoms with Gasteiger partial charge in [-0.25, -0.2) is 8.42 Å². The molecule has 0 aromatic heterocycles. The van der Waals surface area contributed by atoms with E-state index in [0.29, 0.717) is 23.6 Å². The molecule has 2 aliphatic heterocycles. The zero-order valence-electron chi connectivity index (χ0n) is 12.6. The molecule has 8 heteroatoms. The van der Waals surface area contributed by atoms with E-state index >= 15 is 0 Å². The van der Waals surface area contributed by atoms with Crippen molar-refractivity contribution < 1.29 is 17.9 Å². The van der Waals surface area contributed by atoms with Crippen LogP contribution in [0, 0.1) is 0 Å². The molecule has 1 aromatic carbocycles. The molecule has 1 aromatic rings. The number of nitrogens with one attached hydrogen (secondary N) is 1. The molecule has 0 radical (unpaired) electrons. The number of sulfonamides is 1. The van der Waals surface area contributed by atoms with Crippen LogP contribution in [0.25, 0.3) is 0 Å². The Hall–Kier alpha value is -1.28. The third kappa shape index (κ3) is 3.63. The van der Waals surface area contributed by atoms with E-state index in [0.717, 1.165) is 32.2 Å². The van der Waals surface area contributed by atoms with Crippen molar-refractivity contribution in [3.8, 4) is 5.75 Å². The molecule has 0 spiro atoms. The van der Waals surface area contributed by atoms with E-state index in [1.165, 1.54) is 0 Å². The van der Waals surface area contributed by atoms with Crippen LogP contribution in [0.1, 0.15) is 36.0 Å². The van der Waals surface area contributed by atoms with Gasteiger partial charge in [-0.1, -0.05) is 15.9 Å². The van der Waals surface area contributed by atoms with Crippen LogP contribution in [0.2, 0.25) is 0 Å². The van der Waals surface area contributed by atoms with E-state index in [4.69, 9.17) is 4.74 Å². The summed E-state index contributed by atoms with van der Waals surface area (Å²) >= 11 is 2.93. The van der Waals surface area contributed by atoms with E-state index in [1.54, 1.807) is 18.2 Å². The number of halogens is 1. The van der Waals surface area contributed by atoms with Crippen LogP contribution in [0.4, 0.5) is 5.69 Å². The van der Waals surface area contributed by atoms with Crippen molar-refractivity contribution in [1.29, 1.82) is 0 Å². The van der Waals surface area contributed by atoms with Gasteiger partial charge in [0.05, 0.1) is 12.2 Å². The summed E-state index contributed by atoms with van der Waals surface area (Å²) in [5.74, 6) is 0.435. The van der Waals surface area contributed by atoms with Gasteiger partial charge in [0.2, 0.25) is 10.0 Å². The Labute approximate surface area is 144 Å². The highest BCUT2D eigenvalue weighted by atomic mass is 79.9. The zero-order valence-corrected chi connectivity index (χ0v) is 15.0. The van der Waals surface area contributed by atoms with Crippen molar-refractivity contribution in [2.75, 3.05) is 22.5 Å². The summed E-state index contributed by atoms with van der Waals surface area (Å²) < 4.78 is 31.3. The summed E-state index contributed by atoms with van der Waals surface area (Å²) in [5.41, 5.74) is 0.792. The van der Waals surface area contributed by atoms with E-state index in [2.05, 4.69) is 20.7 Å². The number of carbonyl (C=O) groups excluding carboxylic acids is 1. The van der Waals surface area contributed by atoms with Crippen molar-refractivity contribution >= 4 is 37.5 Å². The molecule has 2 heterocycles. The van der Waals surface area contributed by atoms with E-state index in [1.807, 2.05) is 4.90 Å². The lowest BCUT2D eigenvalue weighted by molar-refractivity contribution is 0.0549. The lowest BCUT2D eigenvalue weighted by Gasteiger charge is -2.37. The predicted molar refractivity (Wildman–Crippen MR) is 91.6 cm³/mol. The lowest BCUT2D eigenvalue weighted by atomic mass is 9.97. The summed E-state index contributed by atoms with van der Waals surface area (Å²) in [7, 11) is -3.46. The highest BCUT2D eigenvalue weighted by molar-refractivity contribution is 9.10. The molecule has 126 valence electrons. The summed E-state index contributed by atoms with van der Waals surface area (Å²) in [6.07, 6.45) is 3.98. The Kier molecular flexibility index (Phi) is 4.82. The fraction of sp³-hybridized carbons (Fsp3) is 0.533. The number of amides is 1. The van der Waals surface area contributed by atoms with Crippen LogP contribution in [-0.4, -0.2) is 43.1 Å². The molecule has 1 saturated heterocycles.